The van der Waals surface area contributed by atoms with Crippen molar-refractivity contribution in [1.29, 1.82) is 0 Å². The molecular formula is C22H24N2O6. The van der Waals surface area contributed by atoms with Gasteiger partial charge in [0.25, 0.3) is 0 Å². The Kier molecular flexibility index (Phi) is 8.08. The standard InChI is InChI=1S/C22H24N2O6/c25-20(30-22(27)21(26)28-14-16-7-3-1-4-8-16)19-12-11-18(13-23-19)24-29-15-17-9-5-2-6-10-17/h1-10,18-19,23-24H,11-15H2/t18-,19-/m0/s1. The third kappa shape index (κ3) is 6.77. The highest BCUT2D eigenvalue weighted by Gasteiger charge is 2.30. The van der Waals surface area contributed by atoms with Gasteiger partial charge in [0.05, 0.1) is 6.61 Å². The molecular weight excluding hydrogens is 388 g/mol. The maximum atomic E-state index is 12.1. The Hall–Kier alpha value is -3.07. The van der Waals surface area contributed by atoms with Gasteiger partial charge in [-0.05, 0) is 24.0 Å². The lowest BCUT2D eigenvalue weighted by Crippen LogP contribution is -2.51. The van der Waals surface area contributed by atoms with Gasteiger partial charge in [-0.25, -0.2) is 14.4 Å². The predicted octanol–water partition coefficient (Wildman–Crippen LogP) is 1.64. The molecule has 1 saturated heterocycles. The fourth-order valence-corrected chi connectivity index (χ4v) is 2.96. The molecule has 0 saturated carbocycles. The molecule has 158 valence electrons. The van der Waals surface area contributed by atoms with Crippen LogP contribution in [0.1, 0.15) is 24.0 Å². The second-order valence-electron chi connectivity index (χ2n) is 6.90. The van der Waals surface area contributed by atoms with E-state index in [1.54, 1.807) is 24.3 Å². The van der Waals surface area contributed by atoms with Crippen LogP contribution < -0.4 is 10.8 Å². The number of esters is 3. The van der Waals surface area contributed by atoms with Crippen LogP contribution >= 0.6 is 0 Å². The van der Waals surface area contributed by atoms with Crippen LogP contribution in [0.2, 0.25) is 0 Å². The molecule has 0 aliphatic carbocycles. The number of ether oxygens (including phenoxy) is 2. The molecule has 2 atom stereocenters. The molecule has 0 unspecified atom stereocenters. The minimum absolute atomic E-state index is 0.0179. The van der Waals surface area contributed by atoms with E-state index in [-0.39, 0.29) is 12.6 Å². The lowest BCUT2D eigenvalue weighted by Gasteiger charge is -2.28. The Morgan fingerprint density at radius 3 is 2.10 bits per heavy atom. The van der Waals surface area contributed by atoms with Crippen LogP contribution in [0.15, 0.2) is 60.7 Å². The van der Waals surface area contributed by atoms with E-state index in [0.29, 0.717) is 26.0 Å². The number of piperidine rings is 1. The Morgan fingerprint density at radius 2 is 1.50 bits per heavy atom. The highest BCUT2D eigenvalue weighted by atomic mass is 16.6. The number of hydroxylamine groups is 1. The Morgan fingerprint density at radius 1 is 0.867 bits per heavy atom. The summed E-state index contributed by atoms with van der Waals surface area (Å²) in [7, 11) is 0. The molecule has 0 aromatic heterocycles. The fourth-order valence-electron chi connectivity index (χ4n) is 2.96. The largest absolute Gasteiger partial charge is 0.452 e. The molecule has 0 amide bonds. The smallest absolute Gasteiger partial charge is 0.425 e. The first kappa shape index (κ1) is 21.6. The fraction of sp³-hybridized carbons (Fsp3) is 0.318. The van der Waals surface area contributed by atoms with Crippen molar-refractivity contribution in [2.75, 3.05) is 6.54 Å². The van der Waals surface area contributed by atoms with Gasteiger partial charge in [-0.1, -0.05) is 60.7 Å². The molecule has 0 bridgehead atoms. The lowest BCUT2D eigenvalue weighted by molar-refractivity contribution is -0.175. The minimum Gasteiger partial charge on any atom is -0.452 e. The number of rotatable bonds is 7. The quantitative estimate of drug-likeness (QED) is 0.306. The number of hydrogen-bond donors (Lipinski definition) is 2. The van der Waals surface area contributed by atoms with Crippen LogP contribution in [0.4, 0.5) is 0 Å². The Bertz CT molecular complexity index is 835. The first-order chi connectivity index (χ1) is 14.6. The third-order valence-corrected chi connectivity index (χ3v) is 4.60. The van der Waals surface area contributed by atoms with Crippen LogP contribution in [-0.2, 0) is 41.9 Å². The van der Waals surface area contributed by atoms with E-state index in [1.807, 2.05) is 36.4 Å². The summed E-state index contributed by atoms with van der Waals surface area (Å²) in [6, 6.07) is 18.0. The summed E-state index contributed by atoms with van der Waals surface area (Å²) < 4.78 is 9.51. The zero-order valence-corrected chi connectivity index (χ0v) is 16.4. The van der Waals surface area contributed by atoms with Gasteiger partial charge < -0.3 is 14.8 Å². The molecule has 1 aliphatic heterocycles. The van der Waals surface area contributed by atoms with Gasteiger partial charge in [-0.3, -0.25) is 4.84 Å². The van der Waals surface area contributed by atoms with E-state index in [0.717, 1.165) is 11.1 Å². The highest BCUT2D eigenvalue weighted by molar-refractivity contribution is 6.31. The first-order valence-electron chi connectivity index (χ1n) is 9.73. The van der Waals surface area contributed by atoms with Gasteiger partial charge >= 0.3 is 17.9 Å². The normalized spacial score (nSPS) is 18.4. The summed E-state index contributed by atoms with van der Waals surface area (Å²) in [5, 5.41) is 3.00. The summed E-state index contributed by atoms with van der Waals surface area (Å²) in [5.41, 5.74) is 4.74. The van der Waals surface area contributed by atoms with Crippen LogP contribution in [0.3, 0.4) is 0 Å². The molecule has 2 aromatic carbocycles. The molecule has 0 spiro atoms. The van der Waals surface area contributed by atoms with Crippen LogP contribution in [0.5, 0.6) is 0 Å². The second-order valence-corrected chi connectivity index (χ2v) is 6.90. The molecule has 2 N–H and O–H groups in total. The monoisotopic (exact) mass is 412 g/mol. The van der Waals surface area contributed by atoms with Crippen molar-refractivity contribution < 1.29 is 28.7 Å². The van der Waals surface area contributed by atoms with Crippen LogP contribution in [-0.4, -0.2) is 36.5 Å². The SMILES string of the molecule is O=C(OCc1ccccc1)C(=O)OC(=O)[C@@H]1CC[C@H](NOCc2ccccc2)CN1. The lowest BCUT2D eigenvalue weighted by atomic mass is 10.0. The number of benzene rings is 2. The summed E-state index contributed by atoms with van der Waals surface area (Å²) in [6.45, 7) is 0.824. The van der Waals surface area contributed by atoms with Crippen LogP contribution in [0.25, 0.3) is 0 Å². The number of carbonyl (C=O) groups excluding carboxylic acids is 3. The maximum absolute atomic E-state index is 12.1. The van der Waals surface area contributed by atoms with E-state index in [9.17, 15) is 14.4 Å². The number of hydrogen-bond acceptors (Lipinski definition) is 8. The maximum Gasteiger partial charge on any atom is 0.425 e. The van der Waals surface area contributed by atoms with Gasteiger partial charge in [0.2, 0.25) is 0 Å². The van der Waals surface area contributed by atoms with E-state index < -0.39 is 23.9 Å². The van der Waals surface area contributed by atoms with Crippen molar-refractivity contribution in [3.8, 4) is 0 Å². The van der Waals surface area contributed by atoms with Crippen molar-refractivity contribution in [3.05, 3.63) is 71.8 Å². The van der Waals surface area contributed by atoms with E-state index >= 15 is 0 Å². The molecule has 30 heavy (non-hydrogen) atoms. The average molecular weight is 412 g/mol. The second kappa shape index (κ2) is 11.2. The topological polar surface area (TPSA) is 103 Å². The minimum atomic E-state index is -1.32. The van der Waals surface area contributed by atoms with E-state index in [1.165, 1.54) is 0 Å². The molecule has 8 nitrogen and oxygen atoms in total. The Labute approximate surface area is 174 Å². The van der Waals surface area contributed by atoms with E-state index in [4.69, 9.17) is 9.57 Å². The summed E-state index contributed by atoms with van der Waals surface area (Å²) in [6.07, 6.45) is 1.09. The molecule has 1 fully saturated rings. The first-order valence-corrected chi connectivity index (χ1v) is 9.73. The molecule has 0 radical (unpaired) electrons. The summed E-state index contributed by atoms with van der Waals surface area (Å²) in [4.78, 5) is 41.1. The van der Waals surface area contributed by atoms with Crippen LogP contribution in [0, 0.1) is 0 Å². The third-order valence-electron chi connectivity index (χ3n) is 4.60. The van der Waals surface area contributed by atoms with Gasteiger partial charge in [0.1, 0.15) is 12.6 Å². The van der Waals surface area contributed by atoms with Crippen molar-refractivity contribution >= 4 is 17.9 Å². The zero-order chi connectivity index (χ0) is 21.2. The summed E-state index contributed by atoms with van der Waals surface area (Å²) >= 11 is 0. The van der Waals surface area contributed by atoms with Crippen molar-refractivity contribution in [1.82, 2.24) is 10.8 Å². The average Bonchev–Trinajstić information content (AvgIpc) is 2.79. The zero-order valence-electron chi connectivity index (χ0n) is 16.4. The molecule has 1 aliphatic rings. The van der Waals surface area contributed by atoms with Gasteiger partial charge in [0.15, 0.2) is 0 Å². The molecule has 2 aromatic rings. The molecule has 8 heteroatoms. The summed E-state index contributed by atoms with van der Waals surface area (Å²) in [5.74, 6) is -3.30. The van der Waals surface area contributed by atoms with Gasteiger partial charge in [-0.2, -0.15) is 5.48 Å². The number of carbonyl (C=O) groups is 3. The molecule has 3 rings (SSSR count). The predicted molar refractivity (Wildman–Crippen MR) is 107 cm³/mol. The van der Waals surface area contributed by atoms with Gasteiger partial charge in [-0.15, -0.1) is 0 Å². The van der Waals surface area contributed by atoms with Crippen molar-refractivity contribution in [2.45, 2.75) is 38.1 Å². The van der Waals surface area contributed by atoms with Crippen molar-refractivity contribution in [3.63, 3.8) is 0 Å². The molecule has 1 heterocycles. The Balaban J connectivity index is 1.33. The van der Waals surface area contributed by atoms with E-state index in [2.05, 4.69) is 15.5 Å². The van der Waals surface area contributed by atoms with Gasteiger partial charge in [0, 0.05) is 12.6 Å². The van der Waals surface area contributed by atoms with Crippen molar-refractivity contribution in [2.24, 2.45) is 0 Å². The number of nitrogens with one attached hydrogen (secondary N) is 2. The highest BCUT2D eigenvalue weighted by Crippen LogP contribution is 2.11.